The molecular formula is C13H22N2O2S. The zero-order valence-corrected chi connectivity index (χ0v) is 12.2. The summed E-state index contributed by atoms with van der Waals surface area (Å²) in [6.45, 7) is 4.18. The fourth-order valence-electron chi connectivity index (χ4n) is 2.33. The van der Waals surface area contributed by atoms with Crippen molar-refractivity contribution in [1.82, 2.24) is 10.2 Å². The van der Waals surface area contributed by atoms with Gasteiger partial charge in [0.05, 0.1) is 0 Å². The Bertz CT molecular complexity index is 347. The first-order valence-corrected chi connectivity index (χ1v) is 7.04. The second-order valence-electron chi connectivity index (χ2n) is 4.91. The molecule has 1 heterocycles. The summed E-state index contributed by atoms with van der Waals surface area (Å²) in [6.07, 6.45) is 5.37. The van der Waals surface area contributed by atoms with E-state index in [1.54, 1.807) is 7.05 Å². The minimum Gasteiger partial charge on any atom is -0.290 e. The predicted octanol–water partition coefficient (Wildman–Crippen LogP) is 2.86. The second kappa shape index (κ2) is 6.27. The van der Waals surface area contributed by atoms with E-state index in [9.17, 15) is 9.59 Å². The average molecular weight is 270 g/mol. The Morgan fingerprint density at radius 2 is 1.67 bits per heavy atom. The average Bonchev–Trinajstić information content (AvgIpc) is 2.36. The lowest BCUT2D eigenvalue weighted by Gasteiger charge is -2.40. The van der Waals surface area contributed by atoms with Crippen molar-refractivity contribution in [1.29, 1.82) is 0 Å². The third-order valence-electron chi connectivity index (χ3n) is 3.59. The molecule has 0 saturated carbocycles. The van der Waals surface area contributed by atoms with E-state index < -0.39 is 11.4 Å². The van der Waals surface area contributed by atoms with Gasteiger partial charge in [-0.25, -0.2) is 4.79 Å². The summed E-state index contributed by atoms with van der Waals surface area (Å²) in [5, 5.41) is 2.43. The number of amides is 3. The molecule has 0 unspecified atom stereocenters. The molecule has 0 aromatic carbocycles. The van der Waals surface area contributed by atoms with E-state index in [0.717, 1.165) is 38.5 Å². The third kappa shape index (κ3) is 2.71. The van der Waals surface area contributed by atoms with Crippen LogP contribution in [0.4, 0.5) is 4.79 Å². The van der Waals surface area contributed by atoms with Crippen molar-refractivity contribution in [3.8, 4) is 0 Å². The van der Waals surface area contributed by atoms with Gasteiger partial charge in [-0.05, 0) is 12.8 Å². The zero-order valence-electron chi connectivity index (χ0n) is 11.4. The number of thiocarbonyl (C=S) groups is 1. The number of urea groups is 1. The van der Waals surface area contributed by atoms with Crippen LogP contribution in [0.15, 0.2) is 0 Å². The van der Waals surface area contributed by atoms with Crippen molar-refractivity contribution in [2.24, 2.45) is 5.41 Å². The minimum atomic E-state index is -0.663. The van der Waals surface area contributed by atoms with Crippen LogP contribution in [0, 0.1) is 5.41 Å². The normalized spacial score (nSPS) is 19.1. The number of rotatable bonds is 6. The molecule has 0 aliphatic carbocycles. The highest BCUT2D eigenvalue weighted by Gasteiger charge is 2.48. The second-order valence-corrected chi connectivity index (χ2v) is 5.30. The van der Waals surface area contributed by atoms with Crippen molar-refractivity contribution in [3.05, 3.63) is 0 Å². The molecule has 0 radical (unpaired) electrons. The summed E-state index contributed by atoms with van der Waals surface area (Å²) in [6, 6.07) is -0.409. The largest absolute Gasteiger partial charge is 0.328 e. The maximum absolute atomic E-state index is 12.2. The quantitative estimate of drug-likeness (QED) is 0.755. The van der Waals surface area contributed by atoms with Gasteiger partial charge in [-0.1, -0.05) is 51.7 Å². The molecule has 102 valence electrons. The number of hydrogen-bond acceptors (Lipinski definition) is 3. The highest BCUT2D eigenvalue weighted by atomic mass is 32.1. The van der Waals surface area contributed by atoms with E-state index in [1.807, 2.05) is 0 Å². The Balaban J connectivity index is 3.00. The fourth-order valence-corrected chi connectivity index (χ4v) is 2.71. The molecule has 0 atom stereocenters. The standard InChI is InChI=1S/C13H22N2O2S/c1-4-6-8-13(9-7-5-2)10(16)14-12(17)15(3)11(13)18/h4-9H2,1-3H3,(H,14,16,17). The number of carbonyl (C=O) groups excluding carboxylic acids is 2. The van der Waals surface area contributed by atoms with Gasteiger partial charge in [0.25, 0.3) is 0 Å². The topological polar surface area (TPSA) is 49.4 Å². The molecule has 4 nitrogen and oxygen atoms in total. The molecular weight excluding hydrogens is 248 g/mol. The Morgan fingerprint density at radius 1 is 1.17 bits per heavy atom. The van der Waals surface area contributed by atoms with Gasteiger partial charge < -0.3 is 0 Å². The van der Waals surface area contributed by atoms with Crippen molar-refractivity contribution in [2.45, 2.75) is 52.4 Å². The Hall–Kier alpha value is -0.970. The fraction of sp³-hybridized carbons (Fsp3) is 0.769. The SMILES string of the molecule is CCCCC1(CCCC)C(=O)NC(=O)N(C)C1=S. The lowest BCUT2D eigenvalue weighted by molar-refractivity contribution is -0.128. The van der Waals surface area contributed by atoms with Gasteiger partial charge in [-0.15, -0.1) is 0 Å². The van der Waals surface area contributed by atoms with Gasteiger partial charge in [-0.2, -0.15) is 0 Å². The van der Waals surface area contributed by atoms with Crippen LogP contribution in [0.5, 0.6) is 0 Å². The van der Waals surface area contributed by atoms with E-state index in [1.165, 1.54) is 4.90 Å². The molecule has 0 aromatic rings. The molecule has 1 aliphatic heterocycles. The van der Waals surface area contributed by atoms with Crippen LogP contribution >= 0.6 is 12.2 Å². The molecule has 1 fully saturated rings. The van der Waals surface area contributed by atoms with E-state index in [0.29, 0.717) is 4.99 Å². The van der Waals surface area contributed by atoms with Gasteiger partial charge in [0.2, 0.25) is 5.91 Å². The number of nitrogens with zero attached hydrogens (tertiary/aromatic N) is 1. The molecule has 0 aromatic heterocycles. The van der Waals surface area contributed by atoms with Crippen molar-refractivity contribution < 1.29 is 9.59 Å². The van der Waals surface area contributed by atoms with Crippen LogP contribution in [0.2, 0.25) is 0 Å². The van der Waals surface area contributed by atoms with E-state index in [2.05, 4.69) is 19.2 Å². The maximum atomic E-state index is 12.2. The monoisotopic (exact) mass is 270 g/mol. The van der Waals surface area contributed by atoms with Crippen molar-refractivity contribution in [3.63, 3.8) is 0 Å². The van der Waals surface area contributed by atoms with Gasteiger partial charge in [-0.3, -0.25) is 15.0 Å². The van der Waals surface area contributed by atoms with E-state index in [4.69, 9.17) is 12.2 Å². The summed E-state index contributed by atoms with van der Waals surface area (Å²) in [5.74, 6) is -0.211. The summed E-state index contributed by atoms with van der Waals surface area (Å²) < 4.78 is 0. The van der Waals surface area contributed by atoms with Crippen LogP contribution in [0.25, 0.3) is 0 Å². The van der Waals surface area contributed by atoms with Gasteiger partial charge >= 0.3 is 6.03 Å². The number of carbonyl (C=O) groups is 2. The Kier molecular flexibility index (Phi) is 5.26. The van der Waals surface area contributed by atoms with Crippen molar-refractivity contribution in [2.75, 3.05) is 7.05 Å². The Morgan fingerprint density at radius 3 is 2.11 bits per heavy atom. The minimum absolute atomic E-state index is 0.211. The summed E-state index contributed by atoms with van der Waals surface area (Å²) >= 11 is 5.39. The van der Waals surface area contributed by atoms with E-state index in [-0.39, 0.29) is 5.91 Å². The highest BCUT2D eigenvalue weighted by molar-refractivity contribution is 7.80. The first-order valence-electron chi connectivity index (χ1n) is 6.63. The van der Waals surface area contributed by atoms with Crippen molar-refractivity contribution >= 4 is 29.1 Å². The van der Waals surface area contributed by atoms with Crippen LogP contribution < -0.4 is 5.32 Å². The molecule has 1 rings (SSSR count). The lowest BCUT2D eigenvalue weighted by Crippen LogP contribution is -2.62. The van der Waals surface area contributed by atoms with Gasteiger partial charge in [0.1, 0.15) is 10.4 Å². The van der Waals surface area contributed by atoms with Crippen LogP contribution in [-0.4, -0.2) is 28.9 Å². The molecule has 1 saturated heterocycles. The van der Waals surface area contributed by atoms with Gasteiger partial charge in [0, 0.05) is 7.05 Å². The Labute approximate surface area is 114 Å². The number of nitrogens with one attached hydrogen (secondary N) is 1. The predicted molar refractivity (Wildman–Crippen MR) is 75.4 cm³/mol. The molecule has 1 aliphatic rings. The lowest BCUT2D eigenvalue weighted by atomic mass is 9.75. The number of unbranched alkanes of at least 4 members (excludes halogenated alkanes) is 2. The number of hydrogen-bond donors (Lipinski definition) is 1. The molecule has 18 heavy (non-hydrogen) atoms. The maximum Gasteiger partial charge on any atom is 0.328 e. The molecule has 0 spiro atoms. The van der Waals surface area contributed by atoms with E-state index >= 15 is 0 Å². The molecule has 3 amide bonds. The molecule has 5 heteroatoms. The summed E-state index contributed by atoms with van der Waals surface area (Å²) in [4.78, 5) is 25.7. The van der Waals surface area contributed by atoms with Gasteiger partial charge in [0.15, 0.2) is 0 Å². The van der Waals surface area contributed by atoms with Crippen LogP contribution in [-0.2, 0) is 4.79 Å². The first-order chi connectivity index (χ1) is 8.49. The highest BCUT2D eigenvalue weighted by Crippen LogP contribution is 2.36. The number of imide groups is 1. The summed E-state index contributed by atoms with van der Waals surface area (Å²) in [5.41, 5.74) is -0.663. The zero-order chi connectivity index (χ0) is 13.8. The summed E-state index contributed by atoms with van der Waals surface area (Å²) in [7, 11) is 1.64. The third-order valence-corrected chi connectivity index (χ3v) is 4.25. The molecule has 1 N–H and O–H groups in total. The first kappa shape index (κ1) is 15.1. The van der Waals surface area contributed by atoms with Crippen LogP contribution in [0.3, 0.4) is 0 Å². The van der Waals surface area contributed by atoms with Crippen LogP contribution in [0.1, 0.15) is 52.4 Å². The smallest absolute Gasteiger partial charge is 0.290 e. The molecule has 0 bridgehead atoms.